The summed E-state index contributed by atoms with van der Waals surface area (Å²) in [4.78, 5) is 21.0. The first-order valence-electron chi connectivity index (χ1n) is 3.68. The Bertz CT molecular complexity index is 402. The van der Waals surface area contributed by atoms with Gasteiger partial charge in [-0.05, 0) is 24.6 Å². The number of hydrogen-bond acceptors (Lipinski definition) is 3. The Labute approximate surface area is 75.6 Å². The smallest absolute Gasteiger partial charge is 0.150 e. The van der Waals surface area contributed by atoms with Crippen LogP contribution in [0.5, 0.6) is 0 Å². The third kappa shape index (κ3) is 1.62. The van der Waals surface area contributed by atoms with Gasteiger partial charge in [-0.15, -0.1) is 0 Å². The summed E-state index contributed by atoms with van der Waals surface area (Å²) < 4.78 is 0. The van der Waals surface area contributed by atoms with E-state index < -0.39 is 0 Å². The molecule has 0 aliphatic heterocycles. The van der Waals surface area contributed by atoms with E-state index in [0.717, 1.165) is 0 Å². The molecule has 0 fully saturated rings. The number of nitriles is 1. The average molecular weight is 173 g/mol. The van der Waals surface area contributed by atoms with Crippen LogP contribution in [0.25, 0.3) is 0 Å². The first-order chi connectivity index (χ1) is 6.22. The van der Waals surface area contributed by atoms with E-state index in [2.05, 4.69) is 0 Å². The first kappa shape index (κ1) is 9.14. The summed E-state index contributed by atoms with van der Waals surface area (Å²) in [5.41, 5.74) is 1.71. The second-order valence-electron chi connectivity index (χ2n) is 2.64. The molecular weight excluding hydrogens is 166 g/mol. The van der Waals surface area contributed by atoms with Gasteiger partial charge in [-0.1, -0.05) is 0 Å². The van der Waals surface area contributed by atoms with Crippen molar-refractivity contribution in [2.45, 2.75) is 6.92 Å². The molecule has 1 rings (SSSR count). The van der Waals surface area contributed by atoms with E-state index in [1.807, 2.05) is 6.07 Å². The molecule has 13 heavy (non-hydrogen) atoms. The third-order valence-corrected chi connectivity index (χ3v) is 1.80. The molecule has 0 spiro atoms. The molecule has 0 N–H and O–H groups in total. The summed E-state index contributed by atoms with van der Waals surface area (Å²) in [5.74, 6) is 0. The van der Waals surface area contributed by atoms with Crippen LogP contribution in [0.3, 0.4) is 0 Å². The molecule has 0 amide bonds. The van der Waals surface area contributed by atoms with Gasteiger partial charge in [0.05, 0.1) is 11.6 Å². The number of hydrogen-bond donors (Lipinski definition) is 0. The lowest BCUT2D eigenvalue weighted by molar-refractivity contribution is 0.109. The highest BCUT2D eigenvalue weighted by Gasteiger charge is 2.05. The second kappa shape index (κ2) is 3.63. The minimum absolute atomic E-state index is 0.261. The van der Waals surface area contributed by atoms with E-state index in [0.29, 0.717) is 29.3 Å². The van der Waals surface area contributed by atoms with Crippen LogP contribution in [0.4, 0.5) is 0 Å². The predicted octanol–water partition coefficient (Wildman–Crippen LogP) is 1.49. The van der Waals surface area contributed by atoms with Crippen LogP contribution in [0.2, 0.25) is 0 Å². The van der Waals surface area contributed by atoms with E-state index in [1.54, 1.807) is 6.92 Å². The Morgan fingerprint density at radius 1 is 1.23 bits per heavy atom. The maximum Gasteiger partial charge on any atom is 0.150 e. The summed E-state index contributed by atoms with van der Waals surface area (Å²) >= 11 is 0. The zero-order chi connectivity index (χ0) is 9.84. The number of carbonyl (C=O) groups is 2. The zero-order valence-electron chi connectivity index (χ0n) is 7.07. The monoisotopic (exact) mass is 173 g/mol. The number of nitrogens with zero attached hydrogens (tertiary/aromatic N) is 1. The third-order valence-electron chi connectivity index (χ3n) is 1.80. The van der Waals surface area contributed by atoms with Gasteiger partial charge in [0.1, 0.15) is 0 Å². The Morgan fingerprint density at radius 2 is 1.77 bits per heavy atom. The Kier molecular flexibility index (Phi) is 2.56. The van der Waals surface area contributed by atoms with Crippen LogP contribution in [0.15, 0.2) is 12.1 Å². The summed E-state index contributed by atoms with van der Waals surface area (Å²) in [6.45, 7) is 1.72. The van der Waals surface area contributed by atoms with Crippen molar-refractivity contribution in [3.05, 3.63) is 34.4 Å². The molecule has 0 heterocycles. The standard InChI is InChI=1S/C10H7NO2/c1-7-2-9(5-12)10(6-13)3-8(7)4-11/h2-3,5-6H,1H3. The molecule has 0 unspecified atom stereocenters. The fraction of sp³-hybridized carbons (Fsp3) is 0.100. The van der Waals surface area contributed by atoms with Crippen molar-refractivity contribution in [1.29, 1.82) is 5.26 Å². The SMILES string of the molecule is Cc1cc(C=O)c(C=O)cc1C#N. The van der Waals surface area contributed by atoms with Gasteiger partial charge >= 0.3 is 0 Å². The minimum atomic E-state index is 0.261. The van der Waals surface area contributed by atoms with Gasteiger partial charge in [-0.2, -0.15) is 5.26 Å². The van der Waals surface area contributed by atoms with Crippen LogP contribution in [-0.4, -0.2) is 12.6 Å². The molecule has 0 atom stereocenters. The van der Waals surface area contributed by atoms with Crippen LogP contribution in [-0.2, 0) is 0 Å². The van der Waals surface area contributed by atoms with Crippen LogP contribution in [0.1, 0.15) is 31.8 Å². The Balaban J connectivity index is 3.45. The molecule has 3 heteroatoms. The molecular formula is C10H7NO2. The first-order valence-corrected chi connectivity index (χ1v) is 3.68. The molecule has 0 bridgehead atoms. The van der Waals surface area contributed by atoms with Gasteiger partial charge in [0.25, 0.3) is 0 Å². The van der Waals surface area contributed by atoms with Crippen molar-refractivity contribution in [3.8, 4) is 6.07 Å². The maximum atomic E-state index is 10.5. The van der Waals surface area contributed by atoms with Crippen molar-refractivity contribution in [2.75, 3.05) is 0 Å². The summed E-state index contributed by atoms with van der Waals surface area (Å²) in [5, 5.41) is 8.65. The van der Waals surface area contributed by atoms with Gasteiger partial charge in [0.15, 0.2) is 12.6 Å². The largest absolute Gasteiger partial charge is 0.298 e. The summed E-state index contributed by atoms with van der Waals surface area (Å²) in [6, 6.07) is 4.91. The molecule has 0 saturated heterocycles. The normalized spacial score (nSPS) is 8.92. The lowest BCUT2D eigenvalue weighted by Crippen LogP contribution is -1.94. The lowest BCUT2D eigenvalue weighted by atomic mass is 10.0. The summed E-state index contributed by atoms with van der Waals surface area (Å²) in [7, 11) is 0. The highest BCUT2D eigenvalue weighted by Crippen LogP contribution is 2.12. The highest BCUT2D eigenvalue weighted by molar-refractivity contribution is 5.91. The van der Waals surface area contributed by atoms with Crippen molar-refractivity contribution in [2.24, 2.45) is 0 Å². The quantitative estimate of drug-likeness (QED) is 0.636. The van der Waals surface area contributed by atoms with Crippen molar-refractivity contribution >= 4 is 12.6 Å². The zero-order valence-corrected chi connectivity index (χ0v) is 7.07. The topological polar surface area (TPSA) is 57.9 Å². The molecule has 0 radical (unpaired) electrons. The molecule has 64 valence electrons. The Morgan fingerprint density at radius 3 is 2.23 bits per heavy atom. The molecule has 0 aliphatic rings. The van der Waals surface area contributed by atoms with Crippen LogP contribution in [0, 0.1) is 18.3 Å². The maximum absolute atomic E-state index is 10.5. The van der Waals surface area contributed by atoms with Crippen LogP contribution >= 0.6 is 0 Å². The predicted molar refractivity (Wildman–Crippen MR) is 46.7 cm³/mol. The van der Waals surface area contributed by atoms with E-state index in [4.69, 9.17) is 5.26 Å². The van der Waals surface area contributed by atoms with Crippen molar-refractivity contribution < 1.29 is 9.59 Å². The molecule has 0 aliphatic carbocycles. The number of aldehydes is 2. The lowest BCUT2D eigenvalue weighted by Gasteiger charge is -2.00. The average Bonchev–Trinajstić information content (AvgIpc) is 2.17. The fourth-order valence-electron chi connectivity index (χ4n) is 1.07. The van der Waals surface area contributed by atoms with Gasteiger partial charge in [0.2, 0.25) is 0 Å². The van der Waals surface area contributed by atoms with E-state index >= 15 is 0 Å². The van der Waals surface area contributed by atoms with E-state index in [9.17, 15) is 9.59 Å². The number of benzene rings is 1. The minimum Gasteiger partial charge on any atom is -0.298 e. The molecule has 0 aromatic heterocycles. The Hall–Kier alpha value is -1.95. The van der Waals surface area contributed by atoms with Gasteiger partial charge < -0.3 is 0 Å². The van der Waals surface area contributed by atoms with E-state index in [-0.39, 0.29) is 5.56 Å². The van der Waals surface area contributed by atoms with Crippen molar-refractivity contribution in [1.82, 2.24) is 0 Å². The van der Waals surface area contributed by atoms with Gasteiger partial charge in [-0.3, -0.25) is 9.59 Å². The second-order valence-corrected chi connectivity index (χ2v) is 2.64. The van der Waals surface area contributed by atoms with Crippen molar-refractivity contribution in [3.63, 3.8) is 0 Å². The van der Waals surface area contributed by atoms with Gasteiger partial charge in [-0.25, -0.2) is 0 Å². The van der Waals surface area contributed by atoms with E-state index in [1.165, 1.54) is 12.1 Å². The van der Waals surface area contributed by atoms with Crippen LogP contribution < -0.4 is 0 Å². The molecule has 3 nitrogen and oxygen atoms in total. The van der Waals surface area contributed by atoms with Gasteiger partial charge in [0, 0.05) is 11.1 Å². The summed E-state index contributed by atoms with van der Waals surface area (Å²) in [6.07, 6.45) is 1.18. The number of carbonyl (C=O) groups excluding carboxylic acids is 2. The highest BCUT2D eigenvalue weighted by atomic mass is 16.1. The molecule has 0 saturated carbocycles. The fourth-order valence-corrected chi connectivity index (χ4v) is 1.07. The molecule has 1 aromatic rings. The number of aryl methyl sites for hydroxylation is 1. The molecule has 1 aromatic carbocycles. The number of rotatable bonds is 2.